The zero-order chi connectivity index (χ0) is 35.1. The summed E-state index contributed by atoms with van der Waals surface area (Å²) < 4.78 is 16.3. The van der Waals surface area contributed by atoms with Crippen LogP contribution in [0.25, 0.3) is 6.08 Å². The zero-order valence-corrected chi connectivity index (χ0v) is 27.4. The molecule has 1 unspecified atom stereocenters. The van der Waals surface area contributed by atoms with E-state index in [4.69, 9.17) is 19.3 Å². The van der Waals surface area contributed by atoms with Crippen molar-refractivity contribution >= 4 is 58.8 Å². The summed E-state index contributed by atoms with van der Waals surface area (Å²) in [5, 5.41) is 13.9. The maximum Gasteiger partial charge on any atom is 0.335 e. The largest absolute Gasteiger partial charge is 0.493 e. The first-order chi connectivity index (χ1) is 23.6. The van der Waals surface area contributed by atoms with Gasteiger partial charge >= 0.3 is 5.97 Å². The molecule has 1 aliphatic rings. The molecule has 3 N–H and O–H groups in total. The van der Waals surface area contributed by atoms with E-state index in [2.05, 4.69) is 10.6 Å². The van der Waals surface area contributed by atoms with Crippen LogP contribution in [0.2, 0.25) is 0 Å². The van der Waals surface area contributed by atoms with Crippen molar-refractivity contribution in [3.63, 3.8) is 0 Å². The number of methoxy groups -OCH3 is 3. The minimum absolute atomic E-state index is 0.0359. The molecule has 0 radical (unpaired) electrons. The molecule has 0 aliphatic carbocycles. The quantitative estimate of drug-likeness (QED) is 0.133. The highest BCUT2D eigenvalue weighted by Gasteiger charge is 2.40. The number of carbonyl (C=O) groups excluding carboxylic acids is 4. The Balaban J connectivity index is 1.37. The highest BCUT2D eigenvalue weighted by Crippen LogP contribution is 2.39. The molecule has 0 spiro atoms. The van der Waals surface area contributed by atoms with E-state index in [1.165, 1.54) is 51.7 Å². The standard InChI is InChI=1S/C36H31N3O9S/c1-46-28-17-21(18-29(47-2)32(28)48-3)16-27(38-33(41)22-8-5-4-6-9-22)34(42)37-24-10-7-11-26(19-24)49-30-20-31(40)39(35(30)43)25-14-12-23(13-15-25)36(44)45/h4-19,30H,20H2,1-3H3,(H,37,42)(H,38,41)(H,44,45). The van der Waals surface area contributed by atoms with E-state index in [9.17, 15) is 24.0 Å². The molecule has 4 amide bonds. The fraction of sp³-hybridized carbons (Fsp3) is 0.139. The maximum atomic E-state index is 13.7. The molecule has 0 aromatic heterocycles. The highest BCUT2D eigenvalue weighted by molar-refractivity contribution is 8.00. The first-order valence-corrected chi connectivity index (χ1v) is 15.7. The number of anilines is 2. The fourth-order valence-corrected chi connectivity index (χ4v) is 6.14. The number of aromatic carboxylic acids is 1. The van der Waals surface area contributed by atoms with Gasteiger partial charge in [-0.3, -0.25) is 19.2 Å². The molecule has 1 fully saturated rings. The van der Waals surface area contributed by atoms with Crippen LogP contribution in [0.4, 0.5) is 11.4 Å². The number of thioether (sulfide) groups is 1. The molecule has 4 aromatic rings. The first-order valence-electron chi connectivity index (χ1n) is 14.8. The molecule has 1 heterocycles. The zero-order valence-electron chi connectivity index (χ0n) is 26.6. The van der Waals surface area contributed by atoms with Gasteiger partial charge in [0.05, 0.1) is 37.8 Å². The van der Waals surface area contributed by atoms with E-state index in [1.807, 2.05) is 0 Å². The van der Waals surface area contributed by atoms with E-state index in [0.29, 0.717) is 39.0 Å². The predicted octanol–water partition coefficient (Wildman–Crippen LogP) is 5.24. The van der Waals surface area contributed by atoms with E-state index in [1.54, 1.807) is 66.7 Å². The molecular formula is C36H31N3O9S. The van der Waals surface area contributed by atoms with Gasteiger partial charge in [0.1, 0.15) is 5.70 Å². The van der Waals surface area contributed by atoms with Gasteiger partial charge in [-0.25, -0.2) is 9.69 Å². The number of benzene rings is 4. The summed E-state index contributed by atoms with van der Waals surface area (Å²) in [6, 6.07) is 23.9. The van der Waals surface area contributed by atoms with Crippen LogP contribution in [-0.2, 0) is 14.4 Å². The van der Waals surface area contributed by atoms with Crippen molar-refractivity contribution in [2.45, 2.75) is 16.6 Å². The molecular weight excluding hydrogens is 650 g/mol. The Bertz CT molecular complexity index is 1920. The minimum atomic E-state index is -1.12. The number of amides is 4. The minimum Gasteiger partial charge on any atom is -0.493 e. The number of nitrogens with zero attached hydrogens (tertiary/aromatic N) is 1. The van der Waals surface area contributed by atoms with Gasteiger partial charge in [0.15, 0.2) is 11.5 Å². The van der Waals surface area contributed by atoms with E-state index < -0.39 is 34.8 Å². The first kappa shape index (κ1) is 34.3. The number of hydrogen-bond donors (Lipinski definition) is 3. The number of hydrogen-bond acceptors (Lipinski definition) is 9. The third-order valence-corrected chi connectivity index (χ3v) is 8.55. The molecule has 250 valence electrons. The van der Waals surface area contributed by atoms with Crippen LogP contribution in [-0.4, -0.2) is 61.3 Å². The highest BCUT2D eigenvalue weighted by atomic mass is 32.2. The van der Waals surface area contributed by atoms with Crippen molar-refractivity contribution in [3.05, 3.63) is 113 Å². The maximum absolute atomic E-state index is 13.7. The number of ether oxygens (including phenoxy) is 3. The molecule has 0 saturated carbocycles. The van der Waals surface area contributed by atoms with Crippen LogP contribution in [0.15, 0.2) is 102 Å². The van der Waals surface area contributed by atoms with Crippen LogP contribution >= 0.6 is 11.8 Å². The van der Waals surface area contributed by atoms with Gasteiger partial charge in [-0.2, -0.15) is 0 Å². The van der Waals surface area contributed by atoms with Gasteiger partial charge in [-0.05, 0) is 78.4 Å². The SMILES string of the molecule is COc1cc(C=C(NC(=O)c2ccccc2)C(=O)Nc2cccc(SC3CC(=O)N(c4ccc(C(=O)O)cc4)C3=O)c2)cc(OC)c1OC. The van der Waals surface area contributed by atoms with Crippen LogP contribution in [0.1, 0.15) is 32.7 Å². The van der Waals surface area contributed by atoms with Crippen molar-refractivity contribution in [1.29, 1.82) is 0 Å². The normalized spacial score (nSPS) is 14.3. The van der Waals surface area contributed by atoms with Crippen molar-refractivity contribution in [2.24, 2.45) is 0 Å². The second kappa shape index (κ2) is 15.2. The molecule has 49 heavy (non-hydrogen) atoms. The topological polar surface area (TPSA) is 161 Å². The third-order valence-electron chi connectivity index (χ3n) is 7.37. The average Bonchev–Trinajstić information content (AvgIpc) is 3.39. The summed E-state index contributed by atoms with van der Waals surface area (Å²) in [5.74, 6) is -2.05. The number of rotatable bonds is 12. The average molecular weight is 682 g/mol. The van der Waals surface area contributed by atoms with Gasteiger partial charge in [-0.15, -0.1) is 11.8 Å². The van der Waals surface area contributed by atoms with Gasteiger partial charge < -0.3 is 30.0 Å². The Hall–Kier alpha value is -6.08. The summed E-state index contributed by atoms with van der Waals surface area (Å²) in [6.07, 6.45) is 1.41. The monoisotopic (exact) mass is 681 g/mol. The molecule has 1 aliphatic heterocycles. The van der Waals surface area contributed by atoms with Crippen LogP contribution in [0.5, 0.6) is 17.2 Å². The number of carboxylic acids is 1. The van der Waals surface area contributed by atoms with Gasteiger partial charge in [-0.1, -0.05) is 24.3 Å². The van der Waals surface area contributed by atoms with Crippen LogP contribution in [0.3, 0.4) is 0 Å². The smallest absolute Gasteiger partial charge is 0.335 e. The lowest BCUT2D eigenvalue weighted by Crippen LogP contribution is -2.31. The van der Waals surface area contributed by atoms with Crippen LogP contribution in [0, 0.1) is 0 Å². The summed E-state index contributed by atoms with van der Waals surface area (Å²) in [5.41, 5.74) is 1.43. The fourth-order valence-electron chi connectivity index (χ4n) is 5.02. The Morgan fingerprint density at radius 2 is 1.51 bits per heavy atom. The number of imide groups is 1. The third kappa shape index (κ3) is 7.91. The molecule has 1 atom stereocenters. The molecule has 13 heteroatoms. The Kier molecular flexibility index (Phi) is 10.6. The Morgan fingerprint density at radius 3 is 2.12 bits per heavy atom. The molecule has 0 bridgehead atoms. The molecule has 12 nitrogen and oxygen atoms in total. The molecule has 4 aromatic carbocycles. The van der Waals surface area contributed by atoms with Crippen molar-refractivity contribution in [3.8, 4) is 17.2 Å². The van der Waals surface area contributed by atoms with Crippen molar-refractivity contribution in [2.75, 3.05) is 31.5 Å². The van der Waals surface area contributed by atoms with Gasteiger partial charge in [0.2, 0.25) is 17.6 Å². The van der Waals surface area contributed by atoms with Gasteiger partial charge in [0, 0.05) is 22.6 Å². The second-order valence-electron chi connectivity index (χ2n) is 10.5. The lowest BCUT2D eigenvalue weighted by molar-refractivity contribution is -0.121. The van der Waals surface area contributed by atoms with Crippen LogP contribution < -0.4 is 29.7 Å². The summed E-state index contributed by atoms with van der Waals surface area (Å²) in [6.45, 7) is 0. The van der Waals surface area contributed by atoms with E-state index in [-0.39, 0.29) is 23.4 Å². The predicted molar refractivity (Wildman–Crippen MR) is 183 cm³/mol. The second-order valence-corrected chi connectivity index (χ2v) is 11.8. The lowest BCUT2D eigenvalue weighted by Gasteiger charge is -2.16. The van der Waals surface area contributed by atoms with E-state index in [0.717, 1.165) is 16.7 Å². The lowest BCUT2D eigenvalue weighted by atomic mass is 10.1. The summed E-state index contributed by atoms with van der Waals surface area (Å²) >= 11 is 1.16. The Labute approximate surface area is 285 Å². The Morgan fingerprint density at radius 1 is 0.837 bits per heavy atom. The number of carboxylic acid groups (broad SMARTS) is 1. The number of carbonyl (C=O) groups is 5. The van der Waals surface area contributed by atoms with E-state index >= 15 is 0 Å². The summed E-state index contributed by atoms with van der Waals surface area (Å²) in [4.78, 5) is 65.7. The molecule has 5 rings (SSSR count). The summed E-state index contributed by atoms with van der Waals surface area (Å²) in [7, 11) is 4.40. The van der Waals surface area contributed by atoms with Gasteiger partial charge in [0.25, 0.3) is 11.8 Å². The number of nitrogens with one attached hydrogen (secondary N) is 2. The molecule has 1 saturated heterocycles. The van der Waals surface area contributed by atoms with Crippen molar-refractivity contribution in [1.82, 2.24) is 5.32 Å². The van der Waals surface area contributed by atoms with Crippen molar-refractivity contribution < 1.29 is 43.3 Å².